The van der Waals surface area contributed by atoms with Crippen LogP contribution in [0.2, 0.25) is 0 Å². The minimum atomic E-state index is -3.53. The first-order valence-electron chi connectivity index (χ1n) is 6.78. The summed E-state index contributed by atoms with van der Waals surface area (Å²) >= 11 is 0. The number of sulfone groups is 1. The van der Waals surface area contributed by atoms with Crippen molar-refractivity contribution in [3.8, 4) is 0 Å². The van der Waals surface area contributed by atoms with Gasteiger partial charge in [-0.2, -0.15) is 0 Å². The first kappa shape index (κ1) is 15.9. The van der Waals surface area contributed by atoms with E-state index < -0.39 is 20.5 Å². The first-order valence-corrected chi connectivity index (χ1v) is 8.67. The Labute approximate surface area is 123 Å². The second kappa shape index (κ2) is 6.11. The van der Waals surface area contributed by atoms with E-state index in [0.29, 0.717) is 18.7 Å². The van der Waals surface area contributed by atoms with E-state index in [1.54, 1.807) is 12.1 Å². The smallest absolute Gasteiger partial charge is 0.241 e. The number of rotatable bonds is 4. The summed E-state index contributed by atoms with van der Waals surface area (Å²) in [5.41, 5.74) is 0.598. The largest absolute Gasteiger partial charge is 0.351 e. The summed E-state index contributed by atoms with van der Waals surface area (Å²) in [5.74, 6) is -0.891. The molecule has 5 nitrogen and oxygen atoms in total. The van der Waals surface area contributed by atoms with Crippen molar-refractivity contribution in [3.63, 3.8) is 0 Å². The second-order valence-corrected chi connectivity index (χ2v) is 7.65. The van der Waals surface area contributed by atoms with Gasteiger partial charge in [-0.15, -0.1) is 0 Å². The molecule has 1 aromatic carbocycles. The lowest BCUT2D eigenvalue weighted by Gasteiger charge is -2.34. The number of piperidine rings is 1. The fourth-order valence-electron chi connectivity index (χ4n) is 2.59. The molecule has 21 heavy (non-hydrogen) atoms. The highest BCUT2D eigenvalue weighted by Gasteiger charge is 2.48. The SMILES string of the molecule is CS(=O)(=O)C1(C(=O)NCc2cccc(F)c2)CCNCC1. The number of benzene rings is 1. The molecular weight excluding hydrogens is 295 g/mol. The van der Waals surface area contributed by atoms with E-state index >= 15 is 0 Å². The van der Waals surface area contributed by atoms with E-state index in [4.69, 9.17) is 0 Å². The van der Waals surface area contributed by atoms with Crippen molar-refractivity contribution in [2.75, 3.05) is 19.3 Å². The second-order valence-electron chi connectivity index (χ2n) is 5.33. The molecule has 0 aromatic heterocycles. The van der Waals surface area contributed by atoms with Gasteiger partial charge in [-0.25, -0.2) is 12.8 Å². The third-order valence-electron chi connectivity index (χ3n) is 3.88. The van der Waals surface area contributed by atoms with Crippen LogP contribution in [0.1, 0.15) is 18.4 Å². The minimum Gasteiger partial charge on any atom is -0.351 e. The molecule has 1 amide bonds. The van der Waals surface area contributed by atoms with Crippen molar-refractivity contribution >= 4 is 15.7 Å². The van der Waals surface area contributed by atoms with Crippen LogP contribution in [0.3, 0.4) is 0 Å². The Morgan fingerprint density at radius 1 is 1.38 bits per heavy atom. The standard InChI is InChI=1S/C14H19FN2O3S/c1-21(19,20)14(5-7-16-8-6-14)13(18)17-10-11-3-2-4-12(15)9-11/h2-4,9,16H,5-8,10H2,1H3,(H,17,18). The van der Waals surface area contributed by atoms with Crippen LogP contribution in [-0.2, 0) is 21.2 Å². The molecule has 1 aliphatic heterocycles. The van der Waals surface area contributed by atoms with Gasteiger partial charge in [0.15, 0.2) is 14.6 Å². The zero-order valence-corrected chi connectivity index (χ0v) is 12.7. The molecule has 1 aliphatic rings. The molecule has 0 saturated carbocycles. The van der Waals surface area contributed by atoms with Gasteiger partial charge in [0.1, 0.15) is 5.82 Å². The Morgan fingerprint density at radius 2 is 2.05 bits per heavy atom. The fourth-order valence-corrected chi connectivity index (χ4v) is 3.94. The van der Waals surface area contributed by atoms with Crippen LogP contribution in [-0.4, -0.2) is 38.4 Å². The van der Waals surface area contributed by atoms with Crippen molar-refractivity contribution in [3.05, 3.63) is 35.6 Å². The van der Waals surface area contributed by atoms with E-state index in [1.807, 2.05) is 0 Å². The number of hydrogen-bond donors (Lipinski definition) is 2. The summed E-state index contributed by atoms with van der Waals surface area (Å²) < 4.78 is 35.8. The first-order chi connectivity index (χ1) is 9.85. The minimum absolute atomic E-state index is 0.112. The molecule has 0 atom stereocenters. The van der Waals surface area contributed by atoms with Gasteiger partial charge in [0, 0.05) is 12.8 Å². The number of halogens is 1. The molecule has 0 bridgehead atoms. The zero-order chi connectivity index (χ0) is 15.5. The Hall–Kier alpha value is -1.47. The number of amides is 1. The molecule has 1 fully saturated rings. The zero-order valence-electron chi connectivity index (χ0n) is 11.9. The molecule has 2 rings (SSSR count). The molecule has 1 heterocycles. The maximum absolute atomic E-state index is 13.1. The van der Waals surface area contributed by atoms with Crippen LogP contribution < -0.4 is 10.6 Å². The van der Waals surface area contributed by atoms with Gasteiger partial charge in [-0.1, -0.05) is 12.1 Å². The molecule has 0 radical (unpaired) electrons. The molecule has 1 saturated heterocycles. The number of carbonyl (C=O) groups is 1. The Bertz CT molecular complexity index is 625. The van der Waals surface area contributed by atoms with Crippen LogP contribution in [0.5, 0.6) is 0 Å². The van der Waals surface area contributed by atoms with Crippen LogP contribution >= 0.6 is 0 Å². The lowest BCUT2D eigenvalue weighted by atomic mass is 9.95. The summed E-state index contributed by atoms with van der Waals surface area (Å²) in [4.78, 5) is 12.4. The van der Waals surface area contributed by atoms with Gasteiger partial charge < -0.3 is 10.6 Å². The summed E-state index contributed by atoms with van der Waals surface area (Å²) in [7, 11) is -3.53. The van der Waals surface area contributed by atoms with Gasteiger partial charge in [-0.05, 0) is 43.6 Å². The monoisotopic (exact) mass is 314 g/mol. The maximum atomic E-state index is 13.1. The quantitative estimate of drug-likeness (QED) is 0.854. The van der Waals surface area contributed by atoms with E-state index in [0.717, 1.165) is 6.26 Å². The van der Waals surface area contributed by atoms with Crippen molar-refractivity contribution in [2.45, 2.75) is 24.1 Å². The summed E-state index contributed by atoms with van der Waals surface area (Å²) in [6.07, 6.45) is 1.60. The topological polar surface area (TPSA) is 75.3 Å². The van der Waals surface area contributed by atoms with E-state index in [-0.39, 0.29) is 25.2 Å². The van der Waals surface area contributed by atoms with Crippen LogP contribution in [0.4, 0.5) is 4.39 Å². The number of hydrogen-bond acceptors (Lipinski definition) is 4. The van der Waals surface area contributed by atoms with Crippen LogP contribution in [0.15, 0.2) is 24.3 Å². The van der Waals surface area contributed by atoms with Crippen molar-refractivity contribution in [1.82, 2.24) is 10.6 Å². The average molecular weight is 314 g/mol. The van der Waals surface area contributed by atoms with Crippen LogP contribution in [0, 0.1) is 5.82 Å². The normalized spacial score (nSPS) is 18.2. The van der Waals surface area contributed by atoms with Crippen molar-refractivity contribution < 1.29 is 17.6 Å². The highest BCUT2D eigenvalue weighted by molar-refractivity contribution is 7.92. The van der Waals surface area contributed by atoms with Crippen LogP contribution in [0.25, 0.3) is 0 Å². The molecule has 7 heteroatoms. The summed E-state index contributed by atoms with van der Waals surface area (Å²) in [6.45, 7) is 1.09. The van der Waals surface area contributed by atoms with E-state index in [2.05, 4.69) is 10.6 Å². The highest BCUT2D eigenvalue weighted by Crippen LogP contribution is 2.28. The molecule has 2 N–H and O–H groups in total. The third-order valence-corrected chi connectivity index (χ3v) is 5.89. The average Bonchev–Trinajstić information content (AvgIpc) is 2.44. The van der Waals surface area contributed by atoms with Gasteiger partial charge in [0.25, 0.3) is 0 Å². The number of carbonyl (C=O) groups excluding carboxylic acids is 1. The van der Waals surface area contributed by atoms with E-state index in [9.17, 15) is 17.6 Å². The van der Waals surface area contributed by atoms with Gasteiger partial charge in [-0.3, -0.25) is 4.79 Å². The van der Waals surface area contributed by atoms with Crippen molar-refractivity contribution in [1.29, 1.82) is 0 Å². The van der Waals surface area contributed by atoms with Gasteiger partial charge in [0.05, 0.1) is 0 Å². The maximum Gasteiger partial charge on any atom is 0.241 e. The molecule has 0 spiro atoms. The molecular formula is C14H19FN2O3S. The number of nitrogens with one attached hydrogen (secondary N) is 2. The molecule has 0 aliphatic carbocycles. The lowest BCUT2D eigenvalue weighted by molar-refractivity contribution is -0.124. The summed E-state index contributed by atoms with van der Waals surface area (Å²) in [6, 6.07) is 5.86. The Balaban J connectivity index is 2.13. The van der Waals surface area contributed by atoms with Gasteiger partial charge >= 0.3 is 0 Å². The van der Waals surface area contributed by atoms with Gasteiger partial charge in [0.2, 0.25) is 5.91 Å². The highest BCUT2D eigenvalue weighted by atomic mass is 32.2. The molecule has 0 unspecified atom stereocenters. The Kier molecular flexibility index (Phi) is 4.63. The summed E-state index contributed by atoms with van der Waals surface area (Å²) in [5, 5.41) is 5.68. The van der Waals surface area contributed by atoms with E-state index in [1.165, 1.54) is 12.1 Å². The molecule has 1 aromatic rings. The Morgan fingerprint density at radius 3 is 2.62 bits per heavy atom. The van der Waals surface area contributed by atoms with Crippen molar-refractivity contribution in [2.24, 2.45) is 0 Å². The lowest BCUT2D eigenvalue weighted by Crippen LogP contribution is -2.57. The predicted molar refractivity (Wildman–Crippen MR) is 77.9 cm³/mol. The fraction of sp³-hybridized carbons (Fsp3) is 0.500. The molecule has 116 valence electrons. The predicted octanol–water partition coefficient (Wildman–Crippen LogP) is 0.609. The third kappa shape index (κ3) is 3.41.